The number of hydrogen-bond donors (Lipinski definition) is 2. The Labute approximate surface area is 183 Å². The van der Waals surface area contributed by atoms with Crippen LogP contribution in [0, 0.1) is 17.5 Å². The van der Waals surface area contributed by atoms with Gasteiger partial charge in [0.1, 0.15) is 0 Å². The van der Waals surface area contributed by atoms with E-state index in [1.165, 1.54) is 7.05 Å². The molecule has 0 spiro atoms. The summed E-state index contributed by atoms with van der Waals surface area (Å²) in [5.41, 5.74) is -0.455. The first-order valence-corrected chi connectivity index (χ1v) is 8.68. The number of amides is 2. The molecule has 0 bridgehead atoms. The number of aliphatic imine (C=N–C) groups is 1. The van der Waals surface area contributed by atoms with Gasteiger partial charge in [0.05, 0.1) is 18.8 Å². The highest BCUT2D eigenvalue weighted by molar-refractivity contribution is 14.0. The summed E-state index contributed by atoms with van der Waals surface area (Å²) >= 11 is 0. The molecule has 1 aromatic rings. The quantitative estimate of drug-likeness (QED) is 0.270. The van der Waals surface area contributed by atoms with Gasteiger partial charge in [-0.05, 0) is 19.1 Å². The number of carbonyl (C=O) groups is 2. The molecule has 0 atom stereocenters. The van der Waals surface area contributed by atoms with Crippen molar-refractivity contribution in [3.05, 3.63) is 29.6 Å². The molecule has 1 saturated heterocycles. The molecule has 29 heavy (non-hydrogen) atoms. The standard InChI is InChI=1S/C17H22F3N5O3.HI/c1-3-28-17(27)25-8-6-24(7-9-25)16(21-2)22-10-13(26)23-12-5-4-11(18)14(19)15(12)20;/h4-5H,3,6-10H2,1-2H3,(H,21,22)(H,23,26);1H. The third-order valence-corrected chi connectivity index (χ3v) is 4.03. The average Bonchev–Trinajstić information content (AvgIpc) is 2.69. The van der Waals surface area contributed by atoms with Gasteiger partial charge in [-0.3, -0.25) is 9.79 Å². The monoisotopic (exact) mass is 529 g/mol. The molecule has 2 N–H and O–H groups in total. The molecule has 1 fully saturated rings. The molecule has 0 radical (unpaired) electrons. The fourth-order valence-electron chi connectivity index (χ4n) is 2.62. The van der Waals surface area contributed by atoms with Gasteiger partial charge >= 0.3 is 6.09 Å². The smallest absolute Gasteiger partial charge is 0.409 e. The molecular weight excluding hydrogens is 506 g/mol. The molecule has 0 aromatic heterocycles. The molecule has 8 nitrogen and oxygen atoms in total. The van der Waals surface area contributed by atoms with E-state index in [1.54, 1.807) is 11.8 Å². The zero-order valence-corrected chi connectivity index (χ0v) is 18.3. The second-order valence-corrected chi connectivity index (χ2v) is 5.84. The molecule has 1 aliphatic rings. The Morgan fingerprint density at radius 1 is 1.10 bits per heavy atom. The minimum absolute atomic E-state index is 0. The van der Waals surface area contributed by atoms with Crippen LogP contribution in [-0.2, 0) is 9.53 Å². The predicted molar refractivity (Wildman–Crippen MR) is 112 cm³/mol. The van der Waals surface area contributed by atoms with Crippen molar-refractivity contribution in [3.63, 3.8) is 0 Å². The third kappa shape index (κ3) is 6.65. The second kappa shape index (κ2) is 11.7. The van der Waals surface area contributed by atoms with Crippen LogP contribution in [0.15, 0.2) is 17.1 Å². The number of hydrogen-bond acceptors (Lipinski definition) is 4. The highest BCUT2D eigenvalue weighted by Gasteiger charge is 2.24. The van der Waals surface area contributed by atoms with E-state index >= 15 is 0 Å². The van der Waals surface area contributed by atoms with E-state index in [1.807, 2.05) is 4.90 Å². The number of nitrogens with one attached hydrogen (secondary N) is 2. The molecule has 2 rings (SSSR count). The lowest BCUT2D eigenvalue weighted by Gasteiger charge is -2.35. The van der Waals surface area contributed by atoms with Crippen molar-refractivity contribution in [3.8, 4) is 0 Å². The maximum atomic E-state index is 13.6. The average molecular weight is 529 g/mol. The third-order valence-electron chi connectivity index (χ3n) is 4.03. The maximum absolute atomic E-state index is 13.6. The van der Waals surface area contributed by atoms with Crippen LogP contribution in [-0.4, -0.2) is 74.1 Å². The van der Waals surface area contributed by atoms with Gasteiger partial charge in [-0.1, -0.05) is 0 Å². The Hall–Kier alpha value is -2.25. The fourth-order valence-corrected chi connectivity index (χ4v) is 2.62. The molecule has 1 aliphatic heterocycles. The molecule has 1 heterocycles. The van der Waals surface area contributed by atoms with Crippen molar-refractivity contribution in [2.45, 2.75) is 6.92 Å². The minimum Gasteiger partial charge on any atom is -0.450 e. The van der Waals surface area contributed by atoms with Crippen LogP contribution in [0.25, 0.3) is 0 Å². The first-order chi connectivity index (χ1) is 13.4. The van der Waals surface area contributed by atoms with Crippen molar-refractivity contribution in [1.29, 1.82) is 0 Å². The van der Waals surface area contributed by atoms with Gasteiger partial charge in [-0.25, -0.2) is 18.0 Å². The molecule has 162 valence electrons. The second-order valence-electron chi connectivity index (χ2n) is 5.84. The van der Waals surface area contributed by atoms with Crippen LogP contribution in [0.2, 0.25) is 0 Å². The Kier molecular flexibility index (Phi) is 9.98. The Balaban J connectivity index is 0.00000420. The summed E-state index contributed by atoms with van der Waals surface area (Å²) in [6.45, 7) is 3.61. The van der Waals surface area contributed by atoms with E-state index in [9.17, 15) is 22.8 Å². The first-order valence-electron chi connectivity index (χ1n) is 8.68. The predicted octanol–water partition coefficient (Wildman–Crippen LogP) is 2.01. The number of nitrogens with zero attached hydrogens (tertiary/aromatic N) is 3. The topological polar surface area (TPSA) is 86.3 Å². The van der Waals surface area contributed by atoms with Crippen LogP contribution in [0.4, 0.5) is 23.7 Å². The molecule has 0 unspecified atom stereocenters. The molecule has 1 aromatic carbocycles. The lowest BCUT2D eigenvalue weighted by Crippen LogP contribution is -2.54. The minimum atomic E-state index is -1.65. The number of rotatable bonds is 4. The van der Waals surface area contributed by atoms with Crippen molar-refractivity contribution < 1.29 is 27.5 Å². The summed E-state index contributed by atoms with van der Waals surface area (Å²) in [4.78, 5) is 31.2. The highest BCUT2D eigenvalue weighted by Crippen LogP contribution is 2.19. The van der Waals surface area contributed by atoms with Crippen LogP contribution >= 0.6 is 24.0 Å². The number of halogens is 4. The van der Waals surface area contributed by atoms with Gasteiger partial charge in [0.15, 0.2) is 23.4 Å². The number of piperazine rings is 1. The lowest BCUT2D eigenvalue weighted by atomic mass is 10.2. The van der Waals surface area contributed by atoms with E-state index in [-0.39, 0.29) is 36.6 Å². The molecule has 2 amide bonds. The zero-order chi connectivity index (χ0) is 20.7. The Morgan fingerprint density at radius 2 is 1.72 bits per heavy atom. The number of guanidine groups is 1. The number of anilines is 1. The van der Waals surface area contributed by atoms with Crippen LogP contribution in [0.5, 0.6) is 0 Å². The van der Waals surface area contributed by atoms with E-state index < -0.39 is 29.0 Å². The van der Waals surface area contributed by atoms with Gasteiger partial charge in [-0.2, -0.15) is 0 Å². The van der Waals surface area contributed by atoms with Crippen LogP contribution < -0.4 is 10.6 Å². The summed E-state index contributed by atoms with van der Waals surface area (Å²) in [6.07, 6.45) is -0.377. The summed E-state index contributed by atoms with van der Waals surface area (Å²) in [7, 11) is 1.53. The van der Waals surface area contributed by atoms with Gasteiger partial charge < -0.3 is 25.2 Å². The maximum Gasteiger partial charge on any atom is 0.409 e. The largest absolute Gasteiger partial charge is 0.450 e. The fraction of sp³-hybridized carbons (Fsp3) is 0.471. The van der Waals surface area contributed by atoms with Gasteiger partial charge in [0, 0.05) is 33.2 Å². The summed E-state index contributed by atoms with van der Waals surface area (Å²) in [5.74, 6) is -4.69. The van der Waals surface area contributed by atoms with E-state index in [2.05, 4.69) is 15.6 Å². The SMILES string of the molecule is CCOC(=O)N1CCN(C(=NC)NCC(=O)Nc2ccc(F)c(F)c2F)CC1.I. The van der Waals surface area contributed by atoms with Crippen molar-refractivity contribution in [2.24, 2.45) is 4.99 Å². The van der Waals surface area contributed by atoms with E-state index in [4.69, 9.17) is 4.74 Å². The van der Waals surface area contributed by atoms with Gasteiger partial charge in [0.25, 0.3) is 0 Å². The van der Waals surface area contributed by atoms with Crippen molar-refractivity contribution in [1.82, 2.24) is 15.1 Å². The summed E-state index contributed by atoms with van der Waals surface area (Å²) in [5, 5.41) is 4.98. The lowest BCUT2D eigenvalue weighted by molar-refractivity contribution is -0.115. The van der Waals surface area contributed by atoms with Crippen LogP contribution in [0.1, 0.15) is 6.92 Å². The van der Waals surface area contributed by atoms with Gasteiger partial charge in [0.2, 0.25) is 5.91 Å². The number of ether oxygens (including phenoxy) is 1. The number of carbonyl (C=O) groups excluding carboxylic acids is 2. The summed E-state index contributed by atoms with van der Waals surface area (Å²) in [6, 6.07) is 1.67. The Morgan fingerprint density at radius 3 is 2.31 bits per heavy atom. The highest BCUT2D eigenvalue weighted by atomic mass is 127. The first kappa shape index (κ1) is 24.8. The molecular formula is C17H23F3IN5O3. The molecule has 0 saturated carbocycles. The van der Waals surface area contributed by atoms with E-state index in [0.29, 0.717) is 38.7 Å². The van der Waals surface area contributed by atoms with E-state index in [0.717, 1.165) is 12.1 Å². The van der Waals surface area contributed by atoms with Crippen molar-refractivity contribution >= 4 is 47.6 Å². The zero-order valence-electron chi connectivity index (χ0n) is 16.0. The normalized spacial score (nSPS) is 14.2. The van der Waals surface area contributed by atoms with Gasteiger partial charge in [-0.15, -0.1) is 24.0 Å². The van der Waals surface area contributed by atoms with Crippen LogP contribution in [0.3, 0.4) is 0 Å². The van der Waals surface area contributed by atoms with Crippen molar-refractivity contribution in [2.75, 3.05) is 51.7 Å². The number of benzene rings is 1. The molecule has 0 aliphatic carbocycles. The molecule has 12 heteroatoms. The Bertz CT molecular complexity index is 758. The summed E-state index contributed by atoms with van der Waals surface area (Å²) < 4.78 is 44.7.